The van der Waals surface area contributed by atoms with Gasteiger partial charge in [-0.05, 0) is 66.4 Å². The lowest BCUT2D eigenvalue weighted by Crippen LogP contribution is -2.55. The third-order valence-corrected chi connectivity index (χ3v) is 14.0. The van der Waals surface area contributed by atoms with Gasteiger partial charge in [0, 0.05) is 18.4 Å². The number of imide groups is 1. The van der Waals surface area contributed by atoms with Crippen molar-refractivity contribution in [1.29, 1.82) is 0 Å². The van der Waals surface area contributed by atoms with Crippen LogP contribution in [0, 0.1) is 11.8 Å². The molecule has 5 atom stereocenters. The molecular weight excluding hydrogens is 629 g/mol. The topological polar surface area (TPSA) is 137 Å². The molecule has 49 heavy (non-hydrogen) atoms. The number of rotatable bonds is 17. The van der Waals surface area contributed by atoms with E-state index in [2.05, 4.69) is 44.5 Å². The van der Waals surface area contributed by atoms with E-state index in [1.54, 1.807) is 0 Å². The van der Waals surface area contributed by atoms with Crippen molar-refractivity contribution in [2.24, 2.45) is 23.3 Å². The second-order valence-electron chi connectivity index (χ2n) is 15.2. The average Bonchev–Trinajstić information content (AvgIpc) is 3.04. The van der Waals surface area contributed by atoms with Crippen LogP contribution in [-0.4, -0.2) is 50.3 Å². The fraction of sp³-hybridized carbons (Fsp3) is 0.475. The van der Waals surface area contributed by atoms with E-state index in [0.29, 0.717) is 25.7 Å². The largest absolute Gasteiger partial charge is 0.412 e. The van der Waals surface area contributed by atoms with E-state index in [1.807, 2.05) is 105 Å². The van der Waals surface area contributed by atoms with Gasteiger partial charge in [0.05, 0.1) is 12.1 Å². The highest BCUT2D eigenvalue weighted by Gasteiger charge is 2.41. The maximum atomic E-state index is 14.2. The number of nitrogens with two attached hydrogens (primary N) is 2. The number of carbonyl (C=O) groups is 3. The fourth-order valence-electron chi connectivity index (χ4n) is 5.61. The first-order valence-corrected chi connectivity index (χ1v) is 20.4. The lowest BCUT2D eigenvalue weighted by atomic mass is 9.89. The van der Waals surface area contributed by atoms with E-state index in [-0.39, 0.29) is 23.4 Å². The van der Waals surface area contributed by atoms with Gasteiger partial charge in [-0.25, -0.2) is 0 Å². The molecule has 0 fully saturated rings. The monoisotopic (exact) mass is 686 g/mol. The molecule has 2 unspecified atom stereocenters. The van der Waals surface area contributed by atoms with Crippen molar-refractivity contribution in [3.05, 3.63) is 108 Å². The molecule has 0 aromatic heterocycles. The summed E-state index contributed by atoms with van der Waals surface area (Å²) in [6.45, 7) is 14.9. The molecule has 3 aromatic carbocycles. The standard InChI is InChI=1S/C40H58N4O4Si/c1-28(2)23-34(42)38(46)43-35(26-31-21-15-10-16-22-31)39(47)44-37(45)32(24-29-17-11-8-12-18-29)27-36(48-49(6,7)40(3,4)5)33(41)25-30-19-13-9-14-20-30/h8-22,28,32-36H,23-27,41-42H2,1-7H3,(H,43,46)(H,44,45,47)/t32-,33+,34?,35?,36+/m1/s1. The van der Waals surface area contributed by atoms with Crippen LogP contribution in [0.2, 0.25) is 18.1 Å². The first-order valence-electron chi connectivity index (χ1n) is 17.5. The molecule has 0 heterocycles. The van der Waals surface area contributed by atoms with Crippen LogP contribution in [0.4, 0.5) is 0 Å². The van der Waals surface area contributed by atoms with Gasteiger partial charge in [-0.15, -0.1) is 0 Å². The minimum Gasteiger partial charge on any atom is -0.412 e. The van der Waals surface area contributed by atoms with Crippen molar-refractivity contribution < 1.29 is 18.8 Å². The minimum absolute atomic E-state index is 0.0792. The average molecular weight is 687 g/mol. The smallest absolute Gasteiger partial charge is 0.249 e. The summed E-state index contributed by atoms with van der Waals surface area (Å²) in [4.78, 5) is 41.2. The van der Waals surface area contributed by atoms with Crippen LogP contribution in [0.15, 0.2) is 91.0 Å². The number of nitrogens with one attached hydrogen (secondary N) is 2. The Bertz CT molecular complexity index is 1460. The zero-order valence-electron chi connectivity index (χ0n) is 30.4. The van der Waals surface area contributed by atoms with Crippen molar-refractivity contribution in [3.8, 4) is 0 Å². The molecule has 6 N–H and O–H groups in total. The predicted octanol–water partition coefficient (Wildman–Crippen LogP) is 5.94. The van der Waals surface area contributed by atoms with Crippen molar-refractivity contribution in [2.45, 2.75) is 109 Å². The van der Waals surface area contributed by atoms with E-state index in [1.165, 1.54) is 0 Å². The Hall–Kier alpha value is -3.63. The third-order valence-electron chi connectivity index (χ3n) is 9.48. The number of hydrogen-bond donors (Lipinski definition) is 4. The van der Waals surface area contributed by atoms with Crippen LogP contribution in [0.3, 0.4) is 0 Å². The normalized spacial score (nSPS) is 15.1. The maximum absolute atomic E-state index is 14.2. The Labute approximate surface area is 294 Å². The van der Waals surface area contributed by atoms with E-state index >= 15 is 0 Å². The molecule has 0 spiro atoms. The second-order valence-corrected chi connectivity index (χ2v) is 20.0. The zero-order chi connectivity index (χ0) is 36.2. The molecule has 0 radical (unpaired) electrons. The van der Waals surface area contributed by atoms with Crippen molar-refractivity contribution in [2.75, 3.05) is 0 Å². The molecule has 3 aromatic rings. The van der Waals surface area contributed by atoms with Gasteiger partial charge in [-0.2, -0.15) is 0 Å². The first kappa shape index (κ1) is 39.8. The highest BCUT2D eigenvalue weighted by Crippen LogP contribution is 2.38. The summed E-state index contributed by atoms with van der Waals surface area (Å²) in [5.41, 5.74) is 16.0. The predicted molar refractivity (Wildman–Crippen MR) is 201 cm³/mol. The van der Waals surface area contributed by atoms with E-state index in [9.17, 15) is 14.4 Å². The molecule has 9 heteroatoms. The SMILES string of the molecule is CC(C)CC(N)C(=O)NC(Cc1ccccc1)C(=O)NC(=O)[C@H](Cc1ccccc1)C[C@H](O[Si](C)(C)C(C)(C)C)[C@@H](N)Cc1ccccc1. The summed E-state index contributed by atoms with van der Waals surface area (Å²) in [7, 11) is -2.31. The summed E-state index contributed by atoms with van der Waals surface area (Å²) < 4.78 is 6.97. The second kappa shape index (κ2) is 18.4. The quantitative estimate of drug-likeness (QED) is 0.130. The Morgan fingerprint density at radius 3 is 1.63 bits per heavy atom. The molecule has 0 saturated carbocycles. The van der Waals surface area contributed by atoms with Gasteiger partial charge in [0.2, 0.25) is 17.7 Å². The fourth-order valence-corrected chi connectivity index (χ4v) is 6.99. The lowest BCUT2D eigenvalue weighted by molar-refractivity contribution is -0.136. The Balaban J connectivity index is 1.92. The highest BCUT2D eigenvalue weighted by atomic mass is 28.4. The maximum Gasteiger partial charge on any atom is 0.249 e. The molecule has 266 valence electrons. The Morgan fingerprint density at radius 2 is 1.16 bits per heavy atom. The minimum atomic E-state index is -2.31. The molecule has 0 aliphatic carbocycles. The molecular formula is C40H58N4O4Si. The van der Waals surface area contributed by atoms with Gasteiger partial charge >= 0.3 is 0 Å². The zero-order valence-corrected chi connectivity index (χ0v) is 31.4. The van der Waals surface area contributed by atoms with Crippen LogP contribution < -0.4 is 22.1 Å². The van der Waals surface area contributed by atoms with Gasteiger partial charge in [0.1, 0.15) is 6.04 Å². The van der Waals surface area contributed by atoms with Crippen LogP contribution in [0.5, 0.6) is 0 Å². The van der Waals surface area contributed by atoms with Gasteiger partial charge in [-0.1, -0.05) is 126 Å². The molecule has 3 amide bonds. The molecule has 0 aliphatic heterocycles. The van der Waals surface area contributed by atoms with Crippen molar-refractivity contribution in [1.82, 2.24) is 10.6 Å². The number of amides is 3. The van der Waals surface area contributed by atoms with Crippen molar-refractivity contribution in [3.63, 3.8) is 0 Å². The van der Waals surface area contributed by atoms with Crippen LogP contribution in [-0.2, 0) is 38.1 Å². The number of benzene rings is 3. The molecule has 0 aliphatic rings. The van der Waals surface area contributed by atoms with Crippen LogP contribution in [0.25, 0.3) is 0 Å². The third kappa shape index (κ3) is 13.0. The van der Waals surface area contributed by atoms with E-state index < -0.39 is 50.1 Å². The molecule has 0 bridgehead atoms. The van der Waals surface area contributed by atoms with Gasteiger partial charge in [0.25, 0.3) is 0 Å². The lowest BCUT2D eigenvalue weighted by Gasteiger charge is -2.41. The summed E-state index contributed by atoms with van der Waals surface area (Å²) in [6.07, 6.45) is 1.55. The Morgan fingerprint density at radius 1 is 0.694 bits per heavy atom. The summed E-state index contributed by atoms with van der Waals surface area (Å²) in [5.74, 6) is -1.85. The van der Waals surface area contributed by atoms with Gasteiger partial charge < -0.3 is 21.2 Å². The van der Waals surface area contributed by atoms with Crippen LogP contribution >= 0.6 is 0 Å². The van der Waals surface area contributed by atoms with E-state index in [0.717, 1.165) is 16.7 Å². The highest BCUT2D eigenvalue weighted by molar-refractivity contribution is 6.74. The van der Waals surface area contributed by atoms with Crippen molar-refractivity contribution >= 4 is 26.0 Å². The first-order chi connectivity index (χ1) is 23.1. The van der Waals surface area contributed by atoms with Gasteiger partial charge in [0.15, 0.2) is 8.32 Å². The summed E-state index contributed by atoms with van der Waals surface area (Å²) in [5, 5.41) is 5.43. The number of carbonyl (C=O) groups excluding carboxylic acids is 3. The Kier molecular flexibility index (Phi) is 14.9. The molecule has 0 saturated heterocycles. The summed E-state index contributed by atoms with van der Waals surface area (Å²) in [6, 6.07) is 27.1. The molecule has 8 nitrogen and oxygen atoms in total. The van der Waals surface area contributed by atoms with Gasteiger partial charge in [-0.3, -0.25) is 19.7 Å². The summed E-state index contributed by atoms with van der Waals surface area (Å²) >= 11 is 0. The van der Waals surface area contributed by atoms with Crippen LogP contribution in [0.1, 0.15) is 64.2 Å². The molecule has 3 rings (SSSR count). The van der Waals surface area contributed by atoms with E-state index in [4.69, 9.17) is 15.9 Å². The number of hydrogen-bond acceptors (Lipinski definition) is 6.